The van der Waals surface area contributed by atoms with Gasteiger partial charge in [-0.15, -0.1) is 0 Å². The van der Waals surface area contributed by atoms with E-state index in [-0.39, 0.29) is 12.2 Å². The fraction of sp³-hybridized carbons (Fsp3) is 0.652. The SMILES string of the molecule is COC(=O)[C@H](C)NC(=O)C(CC1(OC)C=C(C(C)(C)C)C(=O)C(C(C)(C)C)=C1)NC=O. The normalized spacial score (nSPS) is 18.3. The zero-order valence-electron chi connectivity index (χ0n) is 20.0. The van der Waals surface area contributed by atoms with Crippen molar-refractivity contribution in [3.05, 3.63) is 23.3 Å². The molecule has 0 saturated carbocycles. The first-order valence-corrected chi connectivity index (χ1v) is 10.3. The molecule has 0 aromatic heterocycles. The van der Waals surface area contributed by atoms with Crippen molar-refractivity contribution in [2.45, 2.75) is 72.6 Å². The average molecular weight is 437 g/mol. The van der Waals surface area contributed by atoms with Crippen LogP contribution in [0.4, 0.5) is 0 Å². The van der Waals surface area contributed by atoms with Crippen LogP contribution in [0.3, 0.4) is 0 Å². The summed E-state index contributed by atoms with van der Waals surface area (Å²) < 4.78 is 10.5. The number of amides is 2. The molecule has 2 amide bonds. The maximum absolute atomic E-state index is 13.2. The van der Waals surface area contributed by atoms with Gasteiger partial charge in [0.05, 0.1) is 7.11 Å². The van der Waals surface area contributed by atoms with E-state index in [1.165, 1.54) is 21.1 Å². The van der Waals surface area contributed by atoms with Crippen LogP contribution in [0.25, 0.3) is 0 Å². The van der Waals surface area contributed by atoms with E-state index < -0.39 is 40.4 Å². The van der Waals surface area contributed by atoms with Gasteiger partial charge in [0.25, 0.3) is 0 Å². The largest absolute Gasteiger partial charge is 0.467 e. The quantitative estimate of drug-likeness (QED) is 0.445. The Bertz CT molecular complexity index is 749. The molecule has 0 bridgehead atoms. The third-order valence-electron chi connectivity index (χ3n) is 5.29. The van der Waals surface area contributed by atoms with Gasteiger partial charge in [0.1, 0.15) is 17.7 Å². The first kappa shape index (κ1) is 26.6. The predicted molar refractivity (Wildman–Crippen MR) is 117 cm³/mol. The molecule has 1 rings (SSSR count). The predicted octanol–water partition coefficient (Wildman–Crippen LogP) is 2.08. The van der Waals surface area contributed by atoms with E-state index in [0.29, 0.717) is 17.6 Å². The molecule has 0 saturated heterocycles. The maximum atomic E-state index is 13.2. The summed E-state index contributed by atoms with van der Waals surface area (Å²) >= 11 is 0. The van der Waals surface area contributed by atoms with Crippen molar-refractivity contribution in [2.75, 3.05) is 14.2 Å². The summed E-state index contributed by atoms with van der Waals surface area (Å²) in [7, 11) is 2.72. The number of ketones is 1. The Morgan fingerprint density at radius 3 is 1.90 bits per heavy atom. The number of esters is 1. The van der Waals surface area contributed by atoms with Crippen LogP contribution in [0, 0.1) is 10.8 Å². The number of allylic oxidation sites excluding steroid dienone is 2. The molecule has 8 nitrogen and oxygen atoms in total. The van der Waals surface area contributed by atoms with E-state index in [1.807, 2.05) is 41.5 Å². The van der Waals surface area contributed by atoms with E-state index >= 15 is 0 Å². The van der Waals surface area contributed by atoms with Gasteiger partial charge in [0, 0.05) is 24.7 Å². The van der Waals surface area contributed by atoms with Gasteiger partial charge in [-0.2, -0.15) is 0 Å². The lowest BCUT2D eigenvalue weighted by Gasteiger charge is -2.39. The highest BCUT2D eigenvalue weighted by Crippen LogP contribution is 2.42. The summed E-state index contributed by atoms with van der Waals surface area (Å²) in [6, 6.07) is -1.89. The molecule has 2 N–H and O–H groups in total. The molecule has 1 aliphatic carbocycles. The van der Waals surface area contributed by atoms with Gasteiger partial charge in [-0.3, -0.25) is 14.4 Å². The Balaban J connectivity index is 3.44. The second kappa shape index (κ2) is 9.77. The van der Waals surface area contributed by atoms with Crippen LogP contribution in [-0.4, -0.2) is 56.0 Å². The summed E-state index contributed by atoms with van der Waals surface area (Å²) in [5.41, 5.74) is -0.863. The summed E-state index contributed by atoms with van der Waals surface area (Å²) in [4.78, 5) is 48.9. The molecule has 0 aliphatic heterocycles. The molecule has 2 atom stereocenters. The smallest absolute Gasteiger partial charge is 0.328 e. The van der Waals surface area contributed by atoms with Crippen LogP contribution in [0.5, 0.6) is 0 Å². The number of nitrogens with one attached hydrogen (secondary N) is 2. The molecular formula is C23H36N2O6. The van der Waals surface area contributed by atoms with E-state index in [1.54, 1.807) is 12.2 Å². The first-order valence-electron chi connectivity index (χ1n) is 10.3. The number of carbonyl (C=O) groups excluding carboxylic acids is 4. The average Bonchev–Trinajstić information content (AvgIpc) is 2.66. The van der Waals surface area contributed by atoms with Crippen molar-refractivity contribution in [2.24, 2.45) is 10.8 Å². The first-order chi connectivity index (χ1) is 14.1. The standard InChI is InChI=1S/C23H36N2O6/c1-14(20(29)30-8)25-19(28)17(24-13-26)12-23(31-9)10-15(21(2,3)4)18(27)16(11-23)22(5,6)7/h10-11,13-14,17H,12H2,1-9H3,(H,24,26)(H,25,28)/t14-,17?/m0/s1. The summed E-state index contributed by atoms with van der Waals surface area (Å²) in [6.45, 7) is 13.1. The number of hydrogen-bond acceptors (Lipinski definition) is 6. The van der Waals surface area contributed by atoms with Gasteiger partial charge in [-0.25, -0.2) is 4.79 Å². The molecule has 0 heterocycles. The van der Waals surface area contributed by atoms with Gasteiger partial charge < -0.3 is 20.1 Å². The van der Waals surface area contributed by atoms with Gasteiger partial charge >= 0.3 is 5.97 Å². The van der Waals surface area contributed by atoms with Crippen LogP contribution >= 0.6 is 0 Å². The minimum Gasteiger partial charge on any atom is -0.467 e. The topological polar surface area (TPSA) is 111 Å². The van der Waals surface area contributed by atoms with Crippen molar-refractivity contribution < 1.29 is 28.7 Å². The molecule has 8 heteroatoms. The molecule has 1 unspecified atom stereocenters. The number of rotatable bonds is 8. The van der Waals surface area contributed by atoms with Gasteiger partial charge in [0.2, 0.25) is 12.3 Å². The number of ether oxygens (including phenoxy) is 2. The van der Waals surface area contributed by atoms with Crippen molar-refractivity contribution in [3.8, 4) is 0 Å². The lowest BCUT2D eigenvalue weighted by atomic mass is 9.68. The van der Waals surface area contributed by atoms with Gasteiger partial charge in [0.15, 0.2) is 5.78 Å². The van der Waals surface area contributed by atoms with Crippen molar-refractivity contribution in [1.82, 2.24) is 10.6 Å². The highest BCUT2D eigenvalue weighted by atomic mass is 16.5. The van der Waals surface area contributed by atoms with Gasteiger partial charge in [-0.1, -0.05) is 41.5 Å². The highest BCUT2D eigenvalue weighted by Gasteiger charge is 2.43. The Labute approximate surface area is 184 Å². The second-order valence-electron chi connectivity index (χ2n) is 9.90. The van der Waals surface area contributed by atoms with Crippen LogP contribution in [0.1, 0.15) is 54.9 Å². The lowest BCUT2D eigenvalue weighted by Crippen LogP contribution is -2.52. The fourth-order valence-electron chi connectivity index (χ4n) is 3.42. The molecule has 0 spiro atoms. The number of hydrogen-bond donors (Lipinski definition) is 2. The third kappa shape index (κ3) is 6.50. The summed E-state index contributed by atoms with van der Waals surface area (Å²) in [5.74, 6) is -1.22. The molecule has 31 heavy (non-hydrogen) atoms. The Kier molecular flexibility index (Phi) is 8.37. The number of methoxy groups -OCH3 is 2. The Morgan fingerprint density at radius 2 is 1.55 bits per heavy atom. The van der Waals surface area contributed by atoms with Crippen molar-refractivity contribution >= 4 is 24.1 Å². The minimum atomic E-state index is -1.11. The van der Waals surface area contributed by atoms with Gasteiger partial charge in [-0.05, 0) is 29.9 Å². The molecular weight excluding hydrogens is 400 g/mol. The lowest BCUT2D eigenvalue weighted by molar-refractivity contribution is -0.144. The Morgan fingerprint density at radius 1 is 1.06 bits per heavy atom. The zero-order chi connectivity index (χ0) is 24.2. The highest BCUT2D eigenvalue weighted by molar-refractivity contribution is 6.11. The number of Topliss-reactive ketones (excluding diaryl/α,β-unsaturated/α-hetero) is 1. The van der Waals surface area contributed by atoms with Crippen LogP contribution in [0.2, 0.25) is 0 Å². The van der Waals surface area contributed by atoms with Crippen molar-refractivity contribution in [3.63, 3.8) is 0 Å². The van der Waals surface area contributed by atoms with Crippen LogP contribution in [0.15, 0.2) is 23.3 Å². The number of carbonyl (C=O) groups is 4. The maximum Gasteiger partial charge on any atom is 0.328 e. The second-order valence-corrected chi connectivity index (χ2v) is 9.90. The van der Waals surface area contributed by atoms with Crippen molar-refractivity contribution in [1.29, 1.82) is 0 Å². The van der Waals surface area contributed by atoms with E-state index in [0.717, 1.165) is 0 Å². The van der Waals surface area contributed by atoms with E-state index in [9.17, 15) is 19.2 Å². The Hall–Kier alpha value is -2.48. The zero-order valence-corrected chi connectivity index (χ0v) is 20.0. The van der Waals surface area contributed by atoms with Crippen LogP contribution in [-0.2, 0) is 28.7 Å². The molecule has 0 aromatic rings. The summed E-state index contributed by atoms with van der Waals surface area (Å²) in [5, 5.41) is 5.04. The fourth-order valence-corrected chi connectivity index (χ4v) is 3.42. The molecule has 0 radical (unpaired) electrons. The molecule has 0 fully saturated rings. The summed E-state index contributed by atoms with van der Waals surface area (Å²) in [6.07, 6.45) is 3.93. The third-order valence-corrected chi connectivity index (χ3v) is 5.29. The molecule has 174 valence electrons. The molecule has 1 aliphatic rings. The van der Waals surface area contributed by atoms with Crippen LogP contribution < -0.4 is 10.6 Å². The minimum absolute atomic E-state index is 0.0361. The monoisotopic (exact) mass is 436 g/mol. The van der Waals surface area contributed by atoms with E-state index in [2.05, 4.69) is 15.4 Å². The molecule has 0 aromatic carbocycles. The van der Waals surface area contributed by atoms with E-state index in [4.69, 9.17) is 4.74 Å².